The van der Waals surface area contributed by atoms with Gasteiger partial charge in [0.15, 0.2) is 11.4 Å². The second kappa shape index (κ2) is 9.83. The fourth-order valence-corrected chi connectivity index (χ4v) is 7.37. The van der Waals surface area contributed by atoms with Crippen LogP contribution in [-0.2, 0) is 27.3 Å². The molecule has 41 heavy (non-hydrogen) atoms. The molecule has 4 atom stereocenters. The Hall–Kier alpha value is -3.45. The summed E-state index contributed by atoms with van der Waals surface area (Å²) in [4.78, 5) is 43.0. The quantitative estimate of drug-likeness (QED) is 0.230. The fourth-order valence-electron chi connectivity index (χ4n) is 7.37. The number of benzene rings is 1. The highest BCUT2D eigenvalue weighted by molar-refractivity contribution is 6.24. The van der Waals surface area contributed by atoms with Crippen LogP contribution in [0.5, 0.6) is 5.75 Å². The van der Waals surface area contributed by atoms with Gasteiger partial charge in [-0.05, 0) is 51.4 Å². The summed E-state index contributed by atoms with van der Waals surface area (Å²) in [7, 11) is 6.72. The number of phenols is 1. The number of hydrogen-bond acceptors (Lipinski definition) is 11. The number of carbonyl (C=O) groups excluding carboxylic acids is 3. The van der Waals surface area contributed by atoms with E-state index in [-0.39, 0.29) is 29.7 Å². The maximum Gasteiger partial charge on any atom is 0.255 e. The van der Waals surface area contributed by atoms with Crippen LogP contribution in [0.15, 0.2) is 23.0 Å². The van der Waals surface area contributed by atoms with Crippen molar-refractivity contribution in [2.75, 3.05) is 33.1 Å². The zero-order valence-corrected chi connectivity index (χ0v) is 23.8. The molecule has 0 spiro atoms. The van der Waals surface area contributed by atoms with Crippen molar-refractivity contribution in [3.05, 3.63) is 39.7 Å². The van der Waals surface area contributed by atoms with E-state index in [0.717, 1.165) is 25.7 Å². The zero-order chi connectivity index (χ0) is 30.2. The third kappa shape index (κ3) is 4.15. The lowest BCUT2D eigenvalue weighted by Gasteiger charge is -2.53. The lowest BCUT2D eigenvalue weighted by Crippen LogP contribution is -2.70. The molecule has 1 amide bonds. The summed E-state index contributed by atoms with van der Waals surface area (Å²) in [5.41, 5.74) is 8.47. The van der Waals surface area contributed by atoms with Crippen molar-refractivity contribution in [3.63, 3.8) is 0 Å². The van der Waals surface area contributed by atoms with Gasteiger partial charge in [0.1, 0.15) is 22.8 Å². The van der Waals surface area contributed by atoms with Crippen LogP contribution >= 0.6 is 0 Å². The summed E-state index contributed by atoms with van der Waals surface area (Å²) in [5.74, 6) is -6.49. The highest BCUT2D eigenvalue weighted by Gasteiger charge is 2.67. The molecule has 4 aliphatic rings. The summed E-state index contributed by atoms with van der Waals surface area (Å²) in [6, 6.07) is 0.939. The second-order valence-corrected chi connectivity index (χ2v) is 12.3. The number of rotatable bonds is 6. The molecular formula is C29H39N5O7. The van der Waals surface area contributed by atoms with Gasteiger partial charge in [-0.25, -0.2) is 0 Å². The Bertz CT molecular complexity index is 1410. The van der Waals surface area contributed by atoms with E-state index >= 15 is 0 Å². The minimum absolute atomic E-state index is 0.00105. The Balaban J connectivity index is 1.71. The number of anilines is 1. The number of fused-ring (bicyclic) bond motifs is 3. The Kier molecular flexibility index (Phi) is 6.97. The summed E-state index contributed by atoms with van der Waals surface area (Å²) >= 11 is 0. The van der Waals surface area contributed by atoms with Crippen LogP contribution in [0.25, 0.3) is 5.76 Å². The normalized spacial score (nSPS) is 30.0. The monoisotopic (exact) mass is 569 g/mol. The molecule has 0 heterocycles. The number of aromatic hydroxyl groups is 1. The lowest BCUT2D eigenvalue weighted by molar-refractivity contribution is -0.154. The van der Waals surface area contributed by atoms with Crippen molar-refractivity contribution in [2.24, 2.45) is 17.4 Å². The molecule has 0 saturated heterocycles. The fraction of sp³-hybridized carbons (Fsp3) is 0.552. The van der Waals surface area contributed by atoms with Gasteiger partial charge in [0, 0.05) is 43.9 Å². The van der Waals surface area contributed by atoms with E-state index in [1.165, 1.54) is 4.90 Å². The van der Waals surface area contributed by atoms with Gasteiger partial charge in [0.2, 0.25) is 5.78 Å². The number of nitrogens with two attached hydrogens (primary N) is 2. The first-order chi connectivity index (χ1) is 19.1. The van der Waals surface area contributed by atoms with Gasteiger partial charge in [-0.3, -0.25) is 19.3 Å². The third-order valence-electron chi connectivity index (χ3n) is 9.34. The predicted octanol–water partition coefficient (Wildman–Crippen LogP) is 0.144. The van der Waals surface area contributed by atoms with Gasteiger partial charge in [-0.1, -0.05) is 12.8 Å². The molecule has 1 aromatic carbocycles. The van der Waals surface area contributed by atoms with Crippen molar-refractivity contribution in [1.29, 1.82) is 0 Å². The number of primary amides is 1. The summed E-state index contributed by atoms with van der Waals surface area (Å²) in [6.07, 6.45) is 4.13. The number of carbonyl (C=O) groups is 3. The van der Waals surface area contributed by atoms with Crippen molar-refractivity contribution in [3.8, 4) is 5.75 Å². The Morgan fingerprint density at radius 2 is 1.76 bits per heavy atom. The Morgan fingerprint density at radius 3 is 2.32 bits per heavy atom. The van der Waals surface area contributed by atoms with Crippen LogP contribution in [-0.4, -0.2) is 94.2 Å². The third-order valence-corrected chi connectivity index (χ3v) is 9.34. The average Bonchev–Trinajstić information content (AvgIpc) is 3.39. The first-order valence-electron chi connectivity index (χ1n) is 13.9. The van der Waals surface area contributed by atoms with Crippen LogP contribution < -0.4 is 21.7 Å². The lowest BCUT2D eigenvalue weighted by atomic mass is 9.55. The molecule has 1 unspecified atom stereocenters. The first-order valence-corrected chi connectivity index (χ1v) is 13.9. The average molecular weight is 570 g/mol. The Labute approximate surface area is 238 Å². The first kappa shape index (κ1) is 29.1. The molecule has 0 aromatic heterocycles. The van der Waals surface area contributed by atoms with E-state index in [1.807, 2.05) is 25.1 Å². The molecular weight excluding hydrogens is 530 g/mol. The van der Waals surface area contributed by atoms with Gasteiger partial charge in [0.05, 0.1) is 22.7 Å². The molecule has 0 bridgehead atoms. The van der Waals surface area contributed by atoms with Crippen LogP contribution in [0, 0.1) is 5.92 Å². The van der Waals surface area contributed by atoms with Crippen LogP contribution in [0.2, 0.25) is 0 Å². The van der Waals surface area contributed by atoms with Crippen molar-refractivity contribution >= 4 is 28.9 Å². The number of Topliss-reactive ketones (excluding diaryl/α,β-unsaturated/α-hetero) is 2. The van der Waals surface area contributed by atoms with Crippen molar-refractivity contribution in [2.45, 2.75) is 68.3 Å². The second-order valence-electron chi connectivity index (χ2n) is 12.3. The summed E-state index contributed by atoms with van der Waals surface area (Å²) in [6.45, 7) is 0.332. The van der Waals surface area contributed by atoms with Gasteiger partial charge in [0.25, 0.3) is 5.91 Å². The van der Waals surface area contributed by atoms with E-state index in [1.54, 1.807) is 14.1 Å². The maximum atomic E-state index is 14.2. The largest absolute Gasteiger partial charge is 0.508 e. The highest BCUT2D eigenvalue weighted by atomic mass is 16.3. The molecule has 12 heteroatoms. The standard InChI is InChI=1S/C29H39N5O7/c1-33(2)17-9-13(12-32-14-7-5-6-8-14)22(35)18-15(17)10-28(31)11-16-21(34(3)4)24(37)19(27(30)40)25(38)29(16,41)26(39)20(28)23(18)36/h9,14,16,21,32,35-36,38,41H,5-8,10-12,31H2,1-4H3,(H2,30,40)/t16-,21?,28+,29+/m0/s1. The zero-order valence-electron chi connectivity index (χ0n) is 23.8. The van der Waals surface area contributed by atoms with Gasteiger partial charge >= 0.3 is 0 Å². The van der Waals surface area contributed by atoms with E-state index < -0.39 is 57.7 Å². The number of amides is 1. The van der Waals surface area contributed by atoms with Gasteiger partial charge < -0.3 is 42.1 Å². The molecule has 2 saturated carbocycles. The molecule has 9 N–H and O–H groups in total. The smallest absolute Gasteiger partial charge is 0.255 e. The number of aliphatic hydroxyl groups is 3. The van der Waals surface area contributed by atoms with E-state index in [9.17, 15) is 34.8 Å². The summed E-state index contributed by atoms with van der Waals surface area (Å²) in [5, 5.41) is 49.4. The molecule has 12 nitrogen and oxygen atoms in total. The van der Waals surface area contributed by atoms with E-state index in [0.29, 0.717) is 29.4 Å². The number of aliphatic hydroxyl groups excluding tert-OH is 2. The van der Waals surface area contributed by atoms with Crippen LogP contribution in [0.3, 0.4) is 0 Å². The van der Waals surface area contributed by atoms with E-state index in [4.69, 9.17) is 11.5 Å². The number of nitrogens with zero attached hydrogens (tertiary/aromatic N) is 2. The van der Waals surface area contributed by atoms with Gasteiger partial charge in [-0.2, -0.15) is 0 Å². The maximum absolute atomic E-state index is 14.2. The highest BCUT2D eigenvalue weighted by Crippen LogP contribution is 2.54. The number of hydrogen-bond donors (Lipinski definition) is 7. The minimum Gasteiger partial charge on any atom is -0.508 e. The van der Waals surface area contributed by atoms with Crippen LogP contribution in [0.4, 0.5) is 5.69 Å². The number of likely N-dealkylation sites (N-methyl/N-ethyl adjacent to an activating group) is 1. The predicted molar refractivity (Wildman–Crippen MR) is 151 cm³/mol. The SMILES string of the molecule is CN(C)c1cc(CNC2CCCC2)c(O)c2c1C[C@@]1(N)C[C@H]3C(N(C)C)C(=O)C(C(N)=O)=C(O)[C@@]3(O)C(=O)C1=C2O. The number of phenolic OH excluding ortho intramolecular Hbond substituents is 1. The molecule has 4 aliphatic carbocycles. The molecule has 2 fully saturated rings. The number of ketones is 2. The molecule has 5 rings (SSSR count). The Morgan fingerprint density at radius 1 is 1.12 bits per heavy atom. The van der Waals surface area contributed by atoms with Crippen LogP contribution in [0.1, 0.15) is 48.8 Å². The van der Waals surface area contributed by atoms with Crippen molar-refractivity contribution in [1.82, 2.24) is 10.2 Å². The minimum atomic E-state index is -2.75. The summed E-state index contributed by atoms with van der Waals surface area (Å²) < 4.78 is 0. The molecule has 1 aromatic rings. The molecule has 222 valence electrons. The topological polar surface area (TPSA) is 203 Å². The molecule has 0 aliphatic heterocycles. The molecule has 0 radical (unpaired) electrons. The van der Waals surface area contributed by atoms with Crippen molar-refractivity contribution < 1.29 is 34.8 Å². The van der Waals surface area contributed by atoms with E-state index in [2.05, 4.69) is 5.32 Å². The van der Waals surface area contributed by atoms with Gasteiger partial charge in [-0.15, -0.1) is 0 Å². The number of nitrogens with one attached hydrogen (secondary N) is 1.